The molecule has 0 aliphatic carbocycles. The van der Waals surface area contributed by atoms with Crippen molar-refractivity contribution in [2.45, 2.75) is 16.8 Å². The maximum absolute atomic E-state index is 12.4. The molecule has 160 valence electrons. The molecule has 31 heavy (non-hydrogen) atoms. The van der Waals surface area contributed by atoms with Crippen molar-refractivity contribution in [2.24, 2.45) is 0 Å². The van der Waals surface area contributed by atoms with E-state index in [1.807, 2.05) is 30.3 Å². The zero-order valence-electron chi connectivity index (χ0n) is 16.3. The molecule has 0 saturated carbocycles. The fourth-order valence-electron chi connectivity index (χ4n) is 2.98. The molecule has 0 saturated heterocycles. The van der Waals surface area contributed by atoms with E-state index in [0.29, 0.717) is 5.75 Å². The summed E-state index contributed by atoms with van der Waals surface area (Å²) in [5, 5.41) is 9.11. The van der Waals surface area contributed by atoms with Gasteiger partial charge in [0.05, 0.1) is 6.42 Å². The highest BCUT2D eigenvalue weighted by Gasteiger charge is 2.28. The van der Waals surface area contributed by atoms with Crippen LogP contribution in [0.4, 0.5) is 13.2 Å². The summed E-state index contributed by atoms with van der Waals surface area (Å²) in [6, 6.07) is 20.8. The number of hydrogen-bond donors (Lipinski definition) is 1. The molecule has 3 rings (SSSR count). The summed E-state index contributed by atoms with van der Waals surface area (Å²) in [5.41, 5.74) is -1.11. The van der Waals surface area contributed by atoms with Crippen LogP contribution in [0, 0.1) is 0 Å². The second-order valence-corrected chi connectivity index (χ2v) is 7.72. The van der Waals surface area contributed by atoms with Crippen molar-refractivity contribution in [1.82, 2.24) is 0 Å². The van der Waals surface area contributed by atoms with E-state index < -0.39 is 11.5 Å². The van der Waals surface area contributed by atoms with Gasteiger partial charge in [0.15, 0.2) is 0 Å². The number of thioether (sulfide) groups is 1. The van der Waals surface area contributed by atoms with Crippen LogP contribution in [0.3, 0.4) is 0 Å². The monoisotopic (exact) mass is 444 g/mol. The van der Waals surface area contributed by atoms with Crippen molar-refractivity contribution < 1.29 is 27.8 Å². The highest BCUT2D eigenvalue weighted by molar-refractivity contribution is 8.00. The number of ether oxygens (including phenoxy) is 1. The molecule has 0 spiro atoms. The Morgan fingerprint density at radius 2 is 1.74 bits per heavy atom. The molecule has 3 nitrogen and oxygen atoms in total. The van der Waals surface area contributed by atoms with Crippen molar-refractivity contribution in [1.29, 1.82) is 0 Å². The number of alkyl halides is 3. The topological polar surface area (TPSA) is 46.5 Å². The van der Waals surface area contributed by atoms with Crippen LogP contribution < -0.4 is 4.74 Å². The molecular formula is C24H19F3O3S. The van der Waals surface area contributed by atoms with Crippen LogP contribution in [0.5, 0.6) is 5.75 Å². The maximum atomic E-state index is 12.4. The van der Waals surface area contributed by atoms with Gasteiger partial charge in [-0.2, -0.15) is 13.2 Å². The van der Waals surface area contributed by atoms with E-state index in [1.54, 1.807) is 42.5 Å². The van der Waals surface area contributed by atoms with Crippen LogP contribution in [-0.2, 0) is 11.2 Å². The SMILES string of the molecule is O=C(O)Cc1ccccc1-c1cccc(OCC=Cc2ccc(SC(F)(F)F)cc2)c1. The van der Waals surface area contributed by atoms with Gasteiger partial charge in [0, 0.05) is 4.90 Å². The molecule has 0 fully saturated rings. The van der Waals surface area contributed by atoms with Gasteiger partial charge in [0.25, 0.3) is 0 Å². The molecule has 3 aromatic rings. The Morgan fingerprint density at radius 3 is 2.45 bits per heavy atom. The van der Waals surface area contributed by atoms with Gasteiger partial charge in [0.1, 0.15) is 12.4 Å². The predicted molar refractivity (Wildman–Crippen MR) is 116 cm³/mol. The number of rotatable bonds is 8. The maximum Gasteiger partial charge on any atom is 0.446 e. The van der Waals surface area contributed by atoms with Gasteiger partial charge in [-0.05, 0) is 64.4 Å². The second kappa shape index (κ2) is 10.2. The minimum absolute atomic E-state index is 0.0652. The average Bonchev–Trinajstić information content (AvgIpc) is 2.71. The largest absolute Gasteiger partial charge is 0.490 e. The quantitative estimate of drug-likeness (QED) is 0.394. The fourth-order valence-corrected chi connectivity index (χ4v) is 3.52. The van der Waals surface area contributed by atoms with E-state index in [1.165, 1.54) is 12.1 Å². The van der Waals surface area contributed by atoms with Crippen molar-refractivity contribution in [3.63, 3.8) is 0 Å². The van der Waals surface area contributed by atoms with Crippen LogP contribution >= 0.6 is 11.8 Å². The van der Waals surface area contributed by atoms with Gasteiger partial charge in [0.2, 0.25) is 0 Å². The van der Waals surface area contributed by atoms with Crippen LogP contribution in [0.15, 0.2) is 83.8 Å². The highest BCUT2D eigenvalue weighted by Crippen LogP contribution is 2.36. The molecule has 0 aromatic heterocycles. The zero-order chi connectivity index (χ0) is 22.3. The molecule has 0 heterocycles. The van der Waals surface area contributed by atoms with Gasteiger partial charge < -0.3 is 9.84 Å². The molecule has 0 unspecified atom stereocenters. The average molecular weight is 444 g/mol. The zero-order valence-corrected chi connectivity index (χ0v) is 17.1. The van der Waals surface area contributed by atoms with E-state index in [2.05, 4.69) is 0 Å². The summed E-state index contributed by atoms with van der Waals surface area (Å²) in [5.74, 6) is -0.265. The minimum atomic E-state index is -4.30. The number of benzene rings is 3. The van der Waals surface area contributed by atoms with Gasteiger partial charge in [-0.3, -0.25) is 4.79 Å². The number of halogens is 3. The van der Waals surface area contributed by atoms with E-state index >= 15 is 0 Å². The Kier molecular flexibility index (Phi) is 7.41. The predicted octanol–water partition coefficient (Wildman–Crippen LogP) is 6.68. The summed E-state index contributed by atoms with van der Waals surface area (Å²) in [6.45, 7) is 0.277. The molecule has 3 aromatic carbocycles. The molecule has 0 aliphatic rings. The smallest absolute Gasteiger partial charge is 0.446 e. The molecule has 7 heteroatoms. The minimum Gasteiger partial charge on any atom is -0.490 e. The first-order valence-corrected chi connectivity index (χ1v) is 10.2. The summed E-state index contributed by atoms with van der Waals surface area (Å²) in [4.78, 5) is 11.2. The number of carbonyl (C=O) groups is 1. The lowest BCUT2D eigenvalue weighted by atomic mass is 9.97. The fraction of sp³-hybridized carbons (Fsp3) is 0.125. The summed E-state index contributed by atoms with van der Waals surface area (Å²) >= 11 is -0.143. The Hall–Kier alpha value is -3.19. The van der Waals surface area contributed by atoms with Gasteiger partial charge in [-0.25, -0.2) is 0 Å². The second-order valence-electron chi connectivity index (χ2n) is 6.59. The Bertz CT molecular complexity index is 1060. The number of aliphatic carboxylic acids is 1. The standard InChI is InChI=1S/C24H19F3O3S/c25-24(26,27)31-21-12-10-17(11-13-21)5-4-14-30-20-8-3-7-18(15-20)22-9-2-1-6-19(22)16-23(28)29/h1-13,15H,14,16H2,(H,28,29). The third kappa shape index (κ3) is 7.22. The third-order valence-corrected chi connectivity index (χ3v) is 5.01. The molecule has 0 radical (unpaired) electrons. The summed E-state index contributed by atoms with van der Waals surface area (Å²) in [7, 11) is 0. The van der Waals surface area contributed by atoms with Gasteiger partial charge >= 0.3 is 11.5 Å². The highest BCUT2D eigenvalue weighted by atomic mass is 32.2. The van der Waals surface area contributed by atoms with Crippen LogP contribution in [-0.4, -0.2) is 23.2 Å². The van der Waals surface area contributed by atoms with Crippen molar-refractivity contribution in [3.05, 3.63) is 90.0 Å². The lowest BCUT2D eigenvalue weighted by molar-refractivity contribution is -0.136. The number of carboxylic acid groups (broad SMARTS) is 1. The van der Waals surface area contributed by atoms with Crippen molar-refractivity contribution >= 4 is 23.8 Å². The molecule has 0 bridgehead atoms. The number of hydrogen-bond acceptors (Lipinski definition) is 3. The van der Waals surface area contributed by atoms with Gasteiger partial charge in [-0.1, -0.05) is 54.6 Å². The Morgan fingerprint density at radius 1 is 1.00 bits per heavy atom. The summed E-state index contributed by atoms with van der Waals surface area (Å²) in [6.07, 6.45) is 3.48. The normalized spacial score (nSPS) is 11.6. The van der Waals surface area contributed by atoms with Gasteiger partial charge in [-0.15, -0.1) is 0 Å². The van der Waals surface area contributed by atoms with Crippen LogP contribution in [0.25, 0.3) is 17.2 Å². The first-order valence-electron chi connectivity index (χ1n) is 9.35. The van der Waals surface area contributed by atoms with E-state index in [0.717, 1.165) is 22.3 Å². The first kappa shape index (κ1) is 22.5. The molecule has 0 aliphatic heterocycles. The van der Waals surface area contributed by atoms with Crippen molar-refractivity contribution in [2.75, 3.05) is 6.61 Å². The Labute approximate surface area is 182 Å². The molecule has 0 atom stereocenters. The summed E-state index contributed by atoms with van der Waals surface area (Å²) < 4.78 is 42.9. The Balaban J connectivity index is 1.62. The third-order valence-electron chi connectivity index (χ3n) is 4.27. The van der Waals surface area contributed by atoms with Crippen LogP contribution in [0.2, 0.25) is 0 Å². The van der Waals surface area contributed by atoms with E-state index in [-0.39, 0.29) is 29.7 Å². The van der Waals surface area contributed by atoms with Crippen LogP contribution in [0.1, 0.15) is 11.1 Å². The first-order chi connectivity index (χ1) is 14.8. The van der Waals surface area contributed by atoms with E-state index in [4.69, 9.17) is 9.84 Å². The molecule has 0 amide bonds. The lowest BCUT2D eigenvalue weighted by Crippen LogP contribution is -2.01. The lowest BCUT2D eigenvalue weighted by Gasteiger charge is -2.10. The van der Waals surface area contributed by atoms with E-state index in [9.17, 15) is 18.0 Å². The molecule has 1 N–H and O–H groups in total. The van der Waals surface area contributed by atoms with Crippen molar-refractivity contribution in [3.8, 4) is 16.9 Å². The molecular weight excluding hydrogens is 425 g/mol. The number of carboxylic acids is 1.